The lowest BCUT2D eigenvalue weighted by molar-refractivity contribution is -0.117. The number of carbonyl (C=O) groups excluding carboxylic acids is 1. The number of rotatable bonds is 7. The van der Waals surface area contributed by atoms with Crippen molar-refractivity contribution in [3.63, 3.8) is 0 Å². The van der Waals surface area contributed by atoms with E-state index in [2.05, 4.69) is 22.3 Å². The first-order valence-electron chi connectivity index (χ1n) is 7.00. The number of amides is 1. The van der Waals surface area contributed by atoms with Gasteiger partial charge in [0.25, 0.3) is 0 Å². The summed E-state index contributed by atoms with van der Waals surface area (Å²) in [6, 6.07) is 1.82. The van der Waals surface area contributed by atoms with Crippen LogP contribution in [0.15, 0.2) is 18.5 Å². The molecule has 0 aliphatic carbocycles. The molecule has 0 unspecified atom stereocenters. The van der Waals surface area contributed by atoms with Gasteiger partial charge >= 0.3 is 0 Å². The smallest absolute Gasteiger partial charge is 0.239 e. The molecule has 2 rings (SSSR count). The third-order valence-corrected chi connectivity index (χ3v) is 3.83. The van der Waals surface area contributed by atoms with Crippen molar-refractivity contribution in [2.75, 3.05) is 18.9 Å². The summed E-state index contributed by atoms with van der Waals surface area (Å²) >= 11 is 1.66. The Morgan fingerprint density at radius 2 is 2.33 bits per heavy atom. The average Bonchev–Trinajstić information content (AvgIpc) is 3.00. The minimum absolute atomic E-state index is 0.0309. The fraction of sp³-hybridized carbons (Fsp3) is 0.500. The zero-order chi connectivity index (χ0) is 15.2. The zero-order valence-electron chi connectivity index (χ0n) is 12.7. The maximum atomic E-state index is 12.1. The number of nitrogens with zero attached hydrogens (tertiary/aromatic N) is 4. The van der Waals surface area contributed by atoms with Gasteiger partial charge in [-0.05, 0) is 20.4 Å². The summed E-state index contributed by atoms with van der Waals surface area (Å²) in [6.45, 7) is 5.94. The van der Waals surface area contributed by atoms with E-state index < -0.39 is 0 Å². The number of anilines is 1. The normalized spacial score (nSPS) is 11.0. The number of thiazole rings is 1. The van der Waals surface area contributed by atoms with Gasteiger partial charge in [0, 0.05) is 30.2 Å². The molecule has 6 nitrogen and oxygen atoms in total. The number of hydrogen-bond donors (Lipinski definition) is 1. The van der Waals surface area contributed by atoms with E-state index in [0.29, 0.717) is 6.54 Å². The van der Waals surface area contributed by atoms with E-state index in [1.807, 2.05) is 35.8 Å². The zero-order valence-corrected chi connectivity index (χ0v) is 13.5. The molecule has 0 saturated heterocycles. The van der Waals surface area contributed by atoms with Crippen molar-refractivity contribution < 1.29 is 4.79 Å². The molecule has 0 aromatic carbocycles. The van der Waals surface area contributed by atoms with Crippen LogP contribution < -0.4 is 5.32 Å². The van der Waals surface area contributed by atoms with E-state index in [0.717, 1.165) is 30.3 Å². The molecule has 2 aromatic heterocycles. The van der Waals surface area contributed by atoms with Gasteiger partial charge < -0.3 is 5.32 Å². The molecule has 0 bridgehead atoms. The van der Waals surface area contributed by atoms with Crippen molar-refractivity contribution in [2.45, 2.75) is 33.4 Å². The number of nitrogens with one attached hydrogen (secondary N) is 1. The Hall–Kier alpha value is -1.73. The second kappa shape index (κ2) is 7.33. The Morgan fingerprint density at radius 3 is 3.00 bits per heavy atom. The Kier molecular flexibility index (Phi) is 5.46. The van der Waals surface area contributed by atoms with Gasteiger partial charge in [0.2, 0.25) is 5.91 Å². The summed E-state index contributed by atoms with van der Waals surface area (Å²) in [4.78, 5) is 19.4. The third kappa shape index (κ3) is 4.64. The van der Waals surface area contributed by atoms with Crippen molar-refractivity contribution >= 4 is 23.1 Å². The minimum Gasteiger partial charge on any atom is -0.310 e. The minimum atomic E-state index is -0.0309. The number of likely N-dealkylation sites (N-methyl/N-ethyl adjacent to an activating group) is 1. The SMILES string of the molecule is CCCn1nccc1NC(=O)CN(C)Cc1cnc(C)s1. The summed E-state index contributed by atoms with van der Waals surface area (Å²) in [5.74, 6) is 0.723. The van der Waals surface area contributed by atoms with E-state index in [9.17, 15) is 4.79 Å². The van der Waals surface area contributed by atoms with Crippen LogP contribution in [0, 0.1) is 6.92 Å². The first-order valence-corrected chi connectivity index (χ1v) is 7.81. The summed E-state index contributed by atoms with van der Waals surface area (Å²) in [5, 5.41) is 8.14. The lowest BCUT2D eigenvalue weighted by atomic mass is 10.4. The Balaban J connectivity index is 1.84. The number of hydrogen-bond acceptors (Lipinski definition) is 5. The number of carbonyl (C=O) groups is 1. The Bertz CT molecular complexity index is 592. The molecule has 2 aromatic rings. The highest BCUT2D eigenvalue weighted by molar-refractivity contribution is 7.11. The highest BCUT2D eigenvalue weighted by Gasteiger charge is 2.11. The van der Waals surface area contributed by atoms with Crippen LogP contribution in [0.4, 0.5) is 5.82 Å². The highest BCUT2D eigenvalue weighted by Crippen LogP contribution is 2.13. The predicted octanol–water partition coefficient (Wildman–Crippen LogP) is 2.13. The van der Waals surface area contributed by atoms with Crippen LogP contribution in [-0.2, 0) is 17.9 Å². The molecule has 0 aliphatic heterocycles. The fourth-order valence-electron chi connectivity index (χ4n) is 2.06. The van der Waals surface area contributed by atoms with Crippen molar-refractivity contribution in [3.8, 4) is 0 Å². The first-order chi connectivity index (χ1) is 10.1. The van der Waals surface area contributed by atoms with E-state index in [1.165, 1.54) is 4.88 Å². The number of aryl methyl sites for hydroxylation is 2. The van der Waals surface area contributed by atoms with Gasteiger partial charge in [0.15, 0.2) is 0 Å². The summed E-state index contributed by atoms with van der Waals surface area (Å²) in [6.07, 6.45) is 4.55. The number of aromatic nitrogens is 3. The lowest BCUT2D eigenvalue weighted by Crippen LogP contribution is -2.30. The highest BCUT2D eigenvalue weighted by atomic mass is 32.1. The molecule has 2 heterocycles. The molecule has 0 fully saturated rings. The molecular weight excluding hydrogens is 286 g/mol. The molecule has 0 saturated carbocycles. The molecule has 114 valence electrons. The van der Waals surface area contributed by atoms with Gasteiger partial charge in [-0.1, -0.05) is 6.92 Å². The Morgan fingerprint density at radius 1 is 1.52 bits per heavy atom. The van der Waals surface area contributed by atoms with E-state index in [1.54, 1.807) is 17.5 Å². The average molecular weight is 307 g/mol. The van der Waals surface area contributed by atoms with Crippen molar-refractivity contribution in [1.82, 2.24) is 19.7 Å². The van der Waals surface area contributed by atoms with Crippen LogP contribution in [0.25, 0.3) is 0 Å². The predicted molar refractivity (Wildman–Crippen MR) is 84.3 cm³/mol. The Labute approximate surface area is 128 Å². The molecule has 0 aliphatic rings. The van der Waals surface area contributed by atoms with Gasteiger partial charge in [-0.25, -0.2) is 9.67 Å². The lowest BCUT2D eigenvalue weighted by Gasteiger charge is -2.15. The molecule has 0 radical (unpaired) electrons. The maximum absolute atomic E-state index is 12.1. The van der Waals surface area contributed by atoms with Gasteiger partial charge in [0.05, 0.1) is 17.7 Å². The van der Waals surface area contributed by atoms with E-state index >= 15 is 0 Å². The van der Waals surface area contributed by atoms with Crippen LogP contribution in [-0.4, -0.2) is 39.2 Å². The van der Waals surface area contributed by atoms with Gasteiger partial charge in [0.1, 0.15) is 5.82 Å². The summed E-state index contributed by atoms with van der Waals surface area (Å²) in [7, 11) is 1.93. The molecule has 0 spiro atoms. The van der Waals surface area contributed by atoms with Crippen molar-refractivity contribution in [3.05, 3.63) is 28.3 Å². The largest absolute Gasteiger partial charge is 0.310 e. The summed E-state index contributed by atoms with van der Waals surface area (Å²) in [5.41, 5.74) is 0. The second-order valence-corrected chi connectivity index (χ2v) is 6.32. The van der Waals surface area contributed by atoms with Crippen molar-refractivity contribution in [2.24, 2.45) is 0 Å². The standard InChI is InChI=1S/C14H21N5OS/c1-4-7-19-13(5-6-16-19)17-14(20)10-18(3)9-12-8-15-11(2)21-12/h5-6,8H,4,7,9-10H2,1-3H3,(H,17,20). The van der Waals surface area contributed by atoms with Crippen LogP contribution in [0.5, 0.6) is 0 Å². The maximum Gasteiger partial charge on any atom is 0.239 e. The van der Waals surface area contributed by atoms with E-state index in [-0.39, 0.29) is 5.91 Å². The van der Waals surface area contributed by atoms with E-state index in [4.69, 9.17) is 0 Å². The first kappa shape index (κ1) is 15.7. The molecule has 1 amide bonds. The van der Waals surface area contributed by atoms with Gasteiger partial charge in [-0.2, -0.15) is 5.10 Å². The quantitative estimate of drug-likeness (QED) is 0.851. The molecule has 21 heavy (non-hydrogen) atoms. The van der Waals surface area contributed by atoms with Crippen LogP contribution in [0.2, 0.25) is 0 Å². The molecular formula is C14H21N5OS. The molecule has 7 heteroatoms. The summed E-state index contributed by atoms with van der Waals surface area (Å²) < 4.78 is 1.81. The fourth-order valence-corrected chi connectivity index (χ4v) is 2.93. The molecule has 1 N–H and O–H groups in total. The van der Waals surface area contributed by atoms with Crippen LogP contribution >= 0.6 is 11.3 Å². The molecule has 0 atom stereocenters. The van der Waals surface area contributed by atoms with Crippen LogP contribution in [0.3, 0.4) is 0 Å². The third-order valence-electron chi connectivity index (χ3n) is 2.93. The van der Waals surface area contributed by atoms with Crippen molar-refractivity contribution in [1.29, 1.82) is 0 Å². The topological polar surface area (TPSA) is 63.1 Å². The second-order valence-electron chi connectivity index (χ2n) is 5.01. The van der Waals surface area contributed by atoms with Gasteiger partial charge in [-0.3, -0.25) is 9.69 Å². The van der Waals surface area contributed by atoms with Gasteiger partial charge in [-0.15, -0.1) is 11.3 Å². The monoisotopic (exact) mass is 307 g/mol. The van der Waals surface area contributed by atoms with Crippen LogP contribution in [0.1, 0.15) is 23.2 Å².